The quantitative estimate of drug-likeness (QED) is 0.234. The Bertz CT molecular complexity index is 1260. The molecule has 0 unspecified atom stereocenters. The van der Waals surface area contributed by atoms with E-state index in [9.17, 15) is 14.7 Å². The molecule has 10 heteroatoms. The van der Waals surface area contributed by atoms with Crippen molar-refractivity contribution < 1.29 is 19.4 Å². The molecule has 4 rings (SSSR count). The maximum Gasteiger partial charge on any atom is 0.257 e. The summed E-state index contributed by atoms with van der Waals surface area (Å²) in [5.74, 6) is -0.502. The number of amides is 1. The van der Waals surface area contributed by atoms with Gasteiger partial charge in [0.05, 0.1) is 18.2 Å². The van der Waals surface area contributed by atoms with Crippen molar-refractivity contribution in [2.75, 3.05) is 31.6 Å². The van der Waals surface area contributed by atoms with E-state index in [1.807, 2.05) is 4.90 Å². The molecule has 2 heterocycles. The lowest BCUT2D eigenvalue weighted by molar-refractivity contribution is 0.0680. The van der Waals surface area contributed by atoms with Crippen LogP contribution in [0.15, 0.2) is 54.7 Å². The van der Waals surface area contributed by atoms with E-state index >= 15 is 0 Å². The number of benzene rings is 2. The Morgan fingerprint density at radius 3 is 2.33 bits per heavy atom. The standard InChI is InChI=1S/C25H22Cl2N4O4.CH4/c26-17-5-6-23(29-14-17)30-25(34)20-11-18(27)12-22(33)19(20)13-21(32)15-1-3-16(4-2-15)24(28)31-7-9-35-10-8-31;/h1-6,11-12,14,28,33H,7-10,13H2,(H,29,30,34);1H4. The predicted molar refractivity (Wildman–Crippen MR) is 141 cm³/mol. The van der Waals surface area contributed by atoms with Crippen molar-refractivity contribution in [2.24, 2.45) is 0 Å². The minimum atomic E-state index is -0.574. The highest BCUT2D eigenvalue weighted by molar-refractivity contribution is 6.31. The third kappa shape index (κ3) is 6.40. The molecular weight excluding hydrogens is 503 g/mol. The van der Waals surface area contributed by atoms with E-state index in [1.165, 1.54) is 24.4 Å². The highest BCUT2D eigenvalue weighted by Crippen LogP contribution is 2.29. The van der Waals surface area contributed by atoms with Crippen LogP contribution >= 0.6 is 23.2 Å². The van der Waals surface area contributed by atoms with Crippen molar-refractivity contribution in [1.82, 2.24) is 9.88 Å². The summed E-state index contributed by atoms with van der Waals surface area (Å²) < 4.78 is 5.33. The number of hydrogen-bond acceptors (Lipinski definition) is 6. The van der Waals surface area contributed by atoms with Crippen LogP contribution in [-0.4, -0.2) is 58.8 Å². The minimum absolute atomic E-state index is 0. The van der Waals surface area contributed by atoms with Crippen LogP contribution in [0, 0.1) is 5.41 Å². The van der Waals surface area contributed by atoms with E-state index in [1.54, 1.807) is 30.3 Å². The number of Topliss-reactive ketones (excluding diaryl/α,β-unsaturated/α-hetero) is 1. The smallest absolute Gasteiger partial charge is 0.257 e. The molecule has 1 saturated heterocycles. The van der Waals surface area contributed by atoms with E-state index < -0.39 is 5.91 Å². The SMILES string of the molecule is C.N=C(c1ccc(C(=O)Cc2c(O)cc(Cl)cc2C(=O)Nc2ccc(Cl)cn2)cc1)N1CCOCC1. The van der Waals surface area contributed by atoms with Crippen LogP contribution in [0.25, 0.3) is 0 Å². The second-order valence-electron chi connectivity index (χ2n) is 7.89. The predicted octanol–water partition coefficient (Wildman–Crippen LogP) is 5.07. The van der Waals surface area contributed by atoms with Gasteiger partial charge in [0.25, 0.3) is 5.91 Å². The number of amidine groups is 1. The van der Waals surface area contributed by atoms with Crippen molar-refractivity contribution in [1.29, 1.82) is 5.41 Å². The topological polar surface area (TPSA) is 116 Å². The molecule has 0 bridgehead atoms. The van der Waals surface area contributed by atoms with Gasteiger partial charge in [0.2, 0.25) is 0 Å². The van der Waals surface area contributed by atoms with E-state index in [0.29, 0.717) is 48.3 Å². The first-order chi connectivity index (χ1) is 16.8. The molecule has 1 aliphatic rings. The molecule has 1 fully saturated rings. The van der Waals surface area contributed by atoms with Crippen LogP contribution in [0.5, 0.6) is 5.75 Å². The molecule has 3 aromatic rings. The van der Waals surface area contributed by atoms with E-state index in [4.69, 9.17) is 33.3 Å². The lowest BCUT2D eigenvalue weighted by Gasteiger charge is -2.29. The van der Waals surface area contributed by atoms with Crippen molar-refractivity contribution in [2.45, 2.75) is 13.8 Å². The summed E-state index contributed by atoms with van der Waals surface area (Å²) >= 11 is 11.9. The number of pyridine rings is 1. The largest absolute Gasteiger partial charge is 0.508 e. The summed E-state index contributed by atoms with van der Waals surface area (Å²) in [4.78, 5) is 31.9. The third-order valence-corrected chi connectivity index (χ3v) is 5.99. The zero-order valence-electron chi connectivity index (χ0n) is 18.6. The van der Waals surface area contributed by atoms with E-state index in [2.05, 4.69) is 10.3 Å². The Labute approximate surface area is 219 Å². The Balaban J connectivity index is 0.00000361. The van der Waals surface area contributed by atoms with Crippen LogP contribution in [0.2, 0.25) is 10.0 Å². The number of ether oxygens (including phenoxy) is 1. The van der Waals surface area contributed by atoms with Crippen molar-refractivity contribution in [3.05, 3.63) is 87.0 Å². The van der Waals surface area contributed by atoms with Gasteiger partial charge < -0.3 is 20.1 Å². The number of morpholine rings is 1. The summed E-state index contributed by atoms with van der Waals surface area (Å²) in [6, 6.07) is 12.5. The number of hydrogen-bond donors (Lipinski definition) is 3. The van der Waals surface area contributed by atoms with Gasteiger partial charge in [-0.2, -0.15) is 0 Å². The highest BCUT2D eigenvalue weighted by Gasteiger charge is 2.21. The van der Waals surface area contributed by atoms with Gasteiger partial charge in [0.15, 0.2) is 5.78 Å². The van der Waals surface area contributed by atoms with Gasteiger partial charge in [-0.05, 0) is 24.3 Å². The molecule has 36 heavy (non-hydrogen) atoms. The van der Waals surface area contributed by atoms with Crippen molar-refractivity contribution in [3.8, 4) is 5.75 Å². The molecule has 188 valence electrons. The van der Waals surface area contributed by atoms with Crippen LogP contribution < -0.4 is 5.32 Å². The maximum atomic E-state index is 13.0. The first kappa shape index (κ1) is 27.1. The summed E-state index contributed by atoms with van der Waals surface area (Å²) in [7, 11) is 0. The summed E-state index contributed by atoms with van der Waals surface area (Å²) in [6.45, 7) is 2.44. The second kappa shape index (κ2) is 12.0. The molecule has 0 radical (unpaired) electrons. The van der Waals surface area contributed by atoms with Gasteiger partial charge in [-0.25, -0.2) is 4.98 Å². The van der Waals surface area contributed by atoms with E-state index in [0.717, 1.165) is 0 Å². The molecule has 0 atom stereocenters. The Kier molecular flexibility index (Phi) is 9.03. The number of ketones is 1. The number of aromatic hydroxyl groups is 1. The summed E-state index contributed by atoms with van der Waals surface area (Å²) in [5.41, 5.74) is 1.29. The molecule has 3 N–H and O–H groups in total. The lowest BCUT2D eigenvalue weighted by atomic mass is 9.96. The zero-order chi connectivity index (χ0) is 24.9. The molecule has 1 aromatic heterocycles. The molecule has 1 amide bonds. The first-order valence-corrected chi connectivity index (χ1v) is 11.6. The fourth-order valence-corrected chi connectivity index (χ4v) is 4.01. The van der Waals surface area contributed by atoms with Gasteiger partial charge in [-0.3, -0.25) is 15.0 Å². The average Bonchev–Trinajstić information content (AvgIpc) is 2.87. The molecule has 2 aromatic carbocycles. The number of aromatic nitrogens is 1. The monoisotopic (exact) mass is 528 g/mol. The van der Waals surface area contributed by atoms with Gasteiger partial charge in [-0.1, -0.05) is 54.9 Å². The fraction of sp³-hybridized carbons (Fsp3) is 0.231. The number of nitrogens with one attached hydrogen (secondary N) is 2. The van der Waals surface area contributed by atoms with Crippen molar-refractivity contribution in [3.63, 3.8) is 0 Å². The maximum absolute atomic E-state index is 13.0. The first-order valence-electron chi connectivity index (χ1n) is 10.8. The highest BCUT2D eigenvalue weighted by atomic mass is 35.5. The molecule has 0 spiro atoms. The number of carbonyl (C=O) groups is 2. The van der Waals surface area contributed by atoms with Gasteiger partial charge in [0.1, 0.15) is 17.4 Å². The lowest BCUT2D eigenvalue weighted by Crippen LogP contribution is -2.40. The minimum Gasteiger partial charge on any atom is -0.508 e. The molecule has 1 aliphatic heterocycles. The van der Waals surface area contributed by atoms with Gasteiger partial charge in [-0.15, -0.1) is 0 Å². The Morgan fingerprint density at radius 1 is 1.03 bits per heavy atom. The average molecular weight is 529 g/mol. The number of anilines is 1. The molecule has 8 nitrogen and oxygen atoms in total. The fourth-order valence-electron chi connectivity index (χ4n) is 3.69. The number of phenols is 1. The van der Waals surface area contributed by atoms with Crippen LogP contribution in [-0.2, 0) is 11.2 Å². The summed E-state index contributed by atoms with van der Waals surface area (Å²) in [5, 5.41) is 22.1. The zero-order valence-corrected chi connectivity index (χ0v) is 20.1. The normalized spacial score (nSPS) is 13.0. The Morgan fingerprint density at radius 2 is 1.69 bits per heavy atom. The number of halogens is 2. The number of nitrogens with zero attached hydrogens (tertiary/aromatic N) is 2. The van der Waals surface area contributed by atoms with E-state index in [-0.39, 0.29) is 47.3 Å². The molecule has 0 saturated carbocycles. The van der Waals surface area contributed by atoms with Crippen molar-refractivity contribution >= 4 is 46.5 Å². The number of rotatable bonds is 6. The summed E-state index contributed by atoms with van der Waals surface area (Å²) in [6.07, 6.45) is 1.17. The van der Waals surface area contributed by atoms with Gasteiger partial charge in [0, 0.05) is 53.0 Å². The third-order valence-electron chi connectivity index (χ3n) is 5.55. The van der Waals surface area contributed by atoms with Crippen LogP contribution in [0.1, 0.15) is 39.3 Å². The van der Waals surface area contributed by atoms with Crippen LogP contribution in [0.3, 0.4) is 0 Å². The second-order valence-corrected chi connectivity index (χ2v) is 8.77. The Hall–Kier alpha value is -3.46. The number of phenolic OH excluding ortho intramolecular Hbond substituents is 1. The number of carbonyl (C=O) groups excluding carboxylic acids is 2. The van der Waals surface area contributed by atoms with Crippen LogP contribution in [0.4, 0.5) is 5.82 Å². The molecule has 0 aliphatic carbocycles. The molecular formula is C26H26Cl2N4O4. The van der Waals surface area contributed by atoms with Gasteiger partial charge >= 0.3 is 0 Å².